The lowest BCUT2D eigenvalue weighted by molar-refractivity contribution is -0.130. The van der Waals surface area contributed by atoms with Gasteiger partial charge in [0.05, 0.1) is 10.8 Å². The second kappa shape index (κ2) is 8.06. The number of halogens is 2. The molecule has 2 aromatic rings. The molecule has 6 nitrogen and oxygen atoms in total. The Morgan fingerprint density at radius 2 is 1.96 bits per heavy atom. The van der Waals surface area contributed by atoms with Crippen LogP contribution in [0.25, 0.3) is 11.4 Å². The van der Waals surface area contributed by atoms with E-state index in [0.29, 0.717) is 38.4 Å². The number of nitrogens with zero attached hydrogens (tertiary/aromatic N) is 4. The molecule has 1 saturated heterocycles. The van der Waals surface area contributed by atoms with Crippen molar-refractivity contribution in [2.24, 2.45) is 11.8 Å². The van der Waals surface area contributed by atoms with E-state index in [1.807, 2.05) is 4.90 Å². The first-order valence-electron chi connectivity index (χ1n) is 8.41. The number of piperidine rings is 1. The van der Waals surface area contributed by atoms with Crippen molar-refractivity contribution in [3.05, 3.63) is 28.2 Å². The van der Waals surface area contributed by atoms with E-state index in [0.717, 1.165) is 19.5 Å². The highest BCUT2D eigenvalue weighted by Gasteiger charge is 2.26. The first-order valence-corrected chi connectivity index (χ1v) is 10.2. The summed E-state index contributed by atoms with van der Waals surface area (Å²) in [6.07, 6.45) is 1.16. The predicted octanol–water partition coefficient (Wildman–Crippen LogP) is 3.56. The maximum atomic E-state index is 12.5. The molecule has 0 unspecified atom stereocenters. The maximum Gasteiger partial charge on any atom is 0.233 e. The van der Waals surface area contributed by atoms with E-state index in [1.165, 1.54) is 16.4 Å². The highest BCUT2D eigenvalue weighted by atomic mass is 35.5. The van der Waals surface area contributed by atoms with E-state index in [9.17, 15) is 4.79 Å². The molecule has 2 atom stereocenters. The number of nitrogens with two attached hydrogens (primary N) is 1. The van der Waals surface area contributed by atoms with Crippen molar-refractivity contribution in [1.82, 2.24) is 19.8 Å². The van der Waals surface area contributed by atoms with Crippen LogP contribution in [0.5, 0.6) is 0 Å². The molecule has 3 rings (SSSR count). The molecule has 26 heavy (non-hydrogen) atoms. The van der Waals surface area contributed by atoms with Crippen molar-refractivity contribution in [2.75, 3.05) is 24.7 Å². The molecule has 2 N–H and O–H groups in total. The monoisotopic (exact) mass is 413 g/mol. The Balaban J connectivity index is 1.69. The topological polar surface area (TPSA) is 77.0 Å². The van der Waals surface area contributed by atoms with Crippen LogP contribution >= 0.6 is 35.0 Å². The largest absolute Gasteiger partial charge is 0.341 e. The number of hydrogen-bond acceptors (Lipinski definition) is 5. The van der Waals surface area contributed by atoms with Gasteiger partial charge in [-0.1, -0.05) is 48.8 Å². The number of hydrogen-bond donors (Lipinski definition) is 1. The number of carbonyl (C=O) groups is 1. The molecule has 140 valence electrons. The lowest BCUT2D eigenvalue weighted by Gasteiger charge is -2.34. The van der Waals surface area contributed by atoms with Gasteiger partial charge in [-0.3, -0.25) is 4.79 Å². The van der Waals surface area contributed by atoms with Gasteiger partial charge in [0.25, 0.3) is 0 Å². The van der Waals surface area contributed by atoms with Crippen LogP contribution in [0, 0.1) is 11.8 Å². The number of carbonyl (C=O) groups excluding carboxylic acids is 1. The summed E-state index contributed by atoms with van der Waals surface area (Å²) in [5, 5.41) is 9.67. The Kier molecular flexibility index (Phi) is 5.99. The van der Waals surface area contributed by atoms with E-state index in [2.05, 4.69) is 24.0 Å². The summed E-state index contributed by atoms with van der Waals surface area (Å²) in [7, 11) is 0. The summed E-state index contributed by atoms with van der Waals surface area (Å²) in [6, 6.07) is 5.07. The summed E-state index contributed by atoms with van der Waals surface area (Å²) in [5.74, 6) is 7.95. The SMILES string of the molecule is C[C@@H]1C[C@H](C)CN(C(=O)CSc2nnc(-c3cc(Cl)ccc3Cl)n2N)C1. The van der Waals surface area contributed by atoms with Crippen LogP contribution in [0.3, 0.4) is 0 Å². The van der Waals surface area contributed by atoms with Crippen LogP contribution in [-0.4, -0.2) is 44.5 Å². The smallest absolute Gasteiger partial charge is 0.233 e. The molecule has 2 heterocycles. The van der Waals surface area contributed by atoms with Crippen LogP contribution in [0.1, 0.15) is 20.3 Å². The fraction of sp³-hybridized carbons (Fsp3) is 0.471. The predicted molar refractivity (Wildman–Crippen MR) is 106 cm³/mol. The van der Waals surface area contributed by atoms with Crippen LogP contribution < -0.4 is 5.84 Å². The molecule has 9 heteroatoms. The van der Waals surface area contributed by atoms with E-state index in [1.54, 1.807) is 18.2 Å². The number of likely N-dealkylation sites (tertiary alicyclic amines) is 1. The van der Waals surface area contributed by atoms with Gasteiger partial charge in [0.2, 0.25) is 11.1 Å². The summed E-state index contributed by atoms with van der Waals surface area (Å²) in [5.41, 5.74) is 0.603. The fourth-order valence-corrected chi connectivity index (χ4v) is 4.45. The highest BCUT2D eigenvalue weighted by Crippen LogP contribution is 2.30. The van der Waals surface area contributed by atoms with E-state index in [-0.39, 0.29) is 11.7 Å². The second-order valence-electron chi connectivity index (χ2n) is 6.83. The first-order chi connectivity index (χ1) is 12.3. The van der Waals surface area contributed by atoms with Crippen LogP contribution in [-0.2, 0) is 4.79 Å². The van der Waals surface area contributed by atoms with Crippen molar-refractivity contribution < 1.29 is 4.79 Å². The lowest BCUT2D eigenvalue weighted by atomic mass is 9.92. The van der Waals surface area contributed by atoms with Gasteiger partial charge >= 0.3 is 0 Å². The quantitative estimate of drug-likeness (QED) is 0.612. The third kappa shape index (κ3) is 4.27. The van der Waals surface area contributed by atoms with Gasteiger partial charge in [0.15, 0.2) is 5.82 Å². The molecule has 0 saturated carbocycles. The zero-order valence-corrected chi connectivity index (χ0v) is 17.0. The van der Waals surface area contributed by atoms with Gasteiger partial charge in [-0.2, -0.15) is 0 Å². The molecule has 1 aromatic carbocycles. The minimum atomic E-state index is 0.0961. The van der Waals surface area contributed by atoms with Crippen LogP contribution in [0.15, 0.2) is 23.4 Å². The molecule has 1 aromatic heterocycles. The molecule has 1 aliphatic rings. The average molecular weight is 414 g/mol. The number of benzene rings is 1. The van der Waals surface area contributed by atoms with Crippen molar-refractivity contribution in [2.45, 2.75) is 25.4 Å². The van der Waals surface area contributed by atoms with E-state index >= 15 is 0 Å². The molecular weight excluding hydrogens is 393 g/mol. The average Bonchev–Trinajstić information content (AvgIpc) is 2.94. The van der Waals surface area contributed by atoms with Crippen LogP contribution in [0.4, 0.5) is 0 Å². The fourth-order valence-electron chi connectivity index (χ4n) is 3.31. The summed E-state index contributed by atoms with van der Waals surface area (Å²) in [6.45, 7) is 5.98. The molecule has 1 amide bonds. The second-order valence-corrected chi connectivity index (χ2v) is 8.62. The number of aromatic nitrogens is 3. The number of amides is 1. The molecule has 1 aliphatic heterocycles. The zero-order valence-electron chi connectivity index (χ0n) is 14.7. The van der Waals surface area contributed by atoms with E-state index < -0.39 is 0 Å². The van der Waals surface area contributed by atoms with Crippen LogP contribution in [0.2, 0.25) is 10.0 Å². The van der Waals surface area contributed by atoms with Crippen molar-refractivity contribution >= 4 is 40.9 Å². The van der Waals surface area contributed by atoms with Crippen molar-refractivity contribution in [3.63, 3.8) is 0 Å². The van der Waals surface area contributed by atoms with E-state index in [4.69, 9.17) is 29.0 Å². The maximum absolute atomic E-state index is 12.5. The minimum absolute atomic E-state index is 0.0961. The number of nitrogen functional groups attached to an aromatic ring is 1. The molecule has 0 bridgehead atoms. The Labute approximate surface area is 167 Å². The van der Waals surface area contributed by atoms with Crippen molar-refractivity contribution in [1.29, 1.82) is 0 Å². The van der Waals surface area contributed by atoms with Gasteiger partial charge in [0.1, 0.15) is 0 Å². The molecule has 0 radical (unpaired) electrons. The molecule has 1 fully saturated rings. The normalized spacial score (nSPS) is 20.4. The molecule has 0 spiro atoms. The Bertz CT molecular complexity index is 802. The van der Waals surface area contributed by atoms with Gasteiger partial charge in [-0.15, -0.1) is 10.2 Å². The summed E-state index contributed by atoms with van der Waals surface area (Å²) < 4.78 is 1.34. The lowest BCUT2D eigenvalue weighted by Crippen LogP contribution is -2.43. The third-order valence-electron chi connectivity index (χ3n) is 4.38. The van der Waals surface area contributed by atoms with Gasteiger partial charge in [0, 0.05) is 23.7 Å². The Morgan fingerprint density at radius 3 is 2.65 bits per heavy atom. The molecule has 0 aliphatic carbocycles. The number of rotatable bonds is 4. The van der Waals surface area contributed by atoms with Gasteiger partial charge < -0.3 is 10.7 Å². The third-order valence-corrected chi connectivity index (χ3v) is 5.87. The minimum Gasteiger partial charge on any atom is -0.341 e. The summed E-state index contributed by atoms with van der Waals surface area (Å²) in [4.78, 5) is 14.4. The summed E-state index contributed by atoms with van der Waals surface area (Å²) >= 11 is 13.5. The van der Waals surface area contributed by atoms with Crippen molar-refractivity contribution in [3.8, 4) is 11.4 Å². The van der Waals surface area contributed by atoms with Gasteiger partial charge in [-0.25, -0.2) is 4.68 Å². The number of thioether (sulfide) groups is 1. The Morgan fingerprint density at radius 1 is 1.27 bits per heavy atom. The zero-order chi connectivity index (χ0) is 18.8. The Hall–Kier alpha value is -1.44. The standard InChI is InChI=1S/C17H21Cl2N5OS/c1-10-5-11(2)8-23(7-10)15(25)9-26-17-22-21-16(24(17)20)13-6-12(18)3-4-14(13)19/h3-4,6,10-11H,5,7-9,20H2,1-2H3/t10-,11+. The molecular formula is C17H21Cl2N5OS. The first kappa shape index (κ1) is 19.3. The van der Waals surface area contributed by atoms with Gasteiger partial charge in [-0.05, 0) is 36.5 Å². The highest BCUT2D eigenvalue weighted by molar-refractivity contribution is 7.99.